The molecular formula is C14H16BrN3O. The van der Waals surface area contributed by atoms with Gasteiger partial charge in [0.1, 0.15) is 0 Å². The van der Waals surface area contributed by atoms with E-state index in [1.165, 1.54) is 0 Å². The summed E-state index contributed by atoms with van der Waals surface area (Å²) in [7, 11) is 0. The van der Waals surface area contributed by atoms with Gasteiger partial charge in [-0.05, 0) is 43.5 Å². The van der Waals surface area contributed by atoms with Gasteiger partial charge in [0.2, 0.25) is 11.7 Å². The van der Waals surface area contributed by atoms with E-state index in [0.717, 1.165) is 21.2 Å². The van der Waals surface area contributed by atoms with Crippen molar-refractivity contribution in [1.29, 1.82) is 0 Å². The van der Waals surface area contributed by atoms with Crippen molar-refractivity contribution < 1.29 is 4.52 Å². The lowest BCUT2D eigenvalue weighted by molar-refractivity contribution is 0.356. The zero-order valence-corrected chi connectivity index (χ0v) is 12.6. The van der Waals surface area contributed by atoms with Crippen molar-refractivity contribution in [1.82, 2.24) is 10.1 Å². The first kappa shape index (κ1) is 14.0. The van der Waals surface area contributed by atoms with Crippen LogP contribution in [0.4, 0.5) is 0 Å². The second-order valence-electron chi connectivity index (χ2n) is 4.51. The topological polar surface area (TPSA) is 64.9 Å². The summed E-state index contributed by atoms with van der Waals surface area (Å²) >= 11 is 3.54. The zero-order valence-electron chi connectivity index (χ0n) is 11.0. The lowest BCUT2D eigenvalue weighted by Gasteiger charge is -2.04. The van der Waals surface area contributed by atoms with Crippen molar-refractivity contribution in [2.45, 2.75) is 26.3 Å². The molecule has 0 fully saturated rings. The molecule has 5 heteroatoms. The Hall–Kier alpha value is -1.46. The fourth-order valence-corrected chi connectivity index (χ4v) is 2.09. The maximum atomic E-state index is 5.91. The Bertz CT molecular complexity index is 583. The number of hydrogen-bond acceptors (Lipinski definition) is 4. The first-order valence-electron chi connectivity index (χ1n) is 6.00. The molecule has 0 bridgehead atoms. The molecule has 0 aliphatic carbocycles. The van der Waals surface area contributed by atoms with Crippen LogP contribution in [0.25, 0.3) is 11.4 Å². The summed E-state index contributed by atoms with van der Waals surface area (Å²) in [6, 6.07) is 3.74. The zero-order chi connectivity index (χ0) is 14.0. The van der Waals surface area contributed by atoms with Gasteiger partial charge < -0.3 is 10.3 Å². The van der Waals surface area contributed by atoms with Crippen LogP contribution < -0.4 is 5.73 Å². The van der Waals surface area contributed by atoms with Crippen LogP contribution in [0.5, 0.6) is 0 Å². The molecule has 1 heterocycles. The Morgan fingerprint density at radius 2 is 2.05 bits per heavy atom. The number of benzene rings is 1. The van der Waals surface area contributed by atoms with E-state index in [1.54, 1.807) is 6.08 Å². The predicted octanol–water partition coefficient (Wildman–Crippen LogP) is 3.69. The Morgan fingerprint density at radius 1 is 1.42 bits per heavy atom. The van der Waals surface area contributed by atoms with E-state index in [1.807, 2.05) is 26.0 Å². The van der Waals surface area contributed by atoms with Crippen LogP contribution >= 0.6 is 15.9 Å². The van der Waals surface area contributed by atoms with E-state index in [9.17, 15) is 0 Å². The van der Waals surface area contributed by atoms with Gasteiger partial charge in [-0.25, -0.2) is 0 Å². The Labute approximate surface area is 120 Å². The van der Waals surface area contributed by atoms with E-state index in [-0.39, 0.29) is 6.04 Å². The maximum absolute atomic E-state index is 5.91. The average Bonchev–Trinajstić information content (AvgIpc) is 2.85. The van der Waals surface area contributed by atoms with Crippen LogP contribution in [0.1, 0.15) is 29.5 Å². The maximum Gasteiger partial charge on any atom is 0.244 e. The summed E-state index contributed by atoms with van der Waals surface area (Å²) in [5.74, 6) is 1.00. The van der Waals surface area contributed by atoms with E-state index in [4.69, 9.17) is 10.3 Å². The first-order chi connectivity index (χ1) is 9.02. The van der Waals surface area contributed by atoms with Crippen molar-refractivity contribution in [3.8, 4) is 11.4 Å². The molecule has 0 spiro atoms. The molecule has 2 N–H and O–H groups in total. The molecule has 1 unspecified atom stereocenters. The van der Waals surface area contributed by atoms with Gasteiger partial charge in [0.25, 0.3) is 0 Å². The summed E-state index contributed by atoms with van der Waals surface area (Å²) in [6.45, 7) is 7.71. The van der Waals surface area contributed by atoms with Crippen molar-refractivity contribution in [3.63, 3.8) is 0 Å². The van der Waals surface area contributed by atoms with Gasteiger partial charge in [-0.3, -0.25) is 0 Å². The summed E-state index contributed by atoms with van der Waals surface area (Å²) in [5.41, 5.74) is 9.11. The van der Waals surface area contributed by atoms with Crippen LogP contribution in [0, 0.1) is 13.8 Å². The summed E-state index contributed by atoms with van der Waals surface area (Å²) in [5, 5.41) is 3.99. The quantitative estimate of drug-likeness (QED) is 0.872. The number of hydrogen-bond donors (Lipinski definition) is 1. The van der Waals surface area contributed by atoms with Crippen LogP contribution in [-0.2, 0) is 0 Å². The highest BCUT2D eigenvalue weighted by Gasteiger charge is 2.15. The van der Waals surface area contributed by atoms with Gasteiger partial charge in [-0.2, -0.15) is 4.98 Å². The lowest BCUT2D eigenvalue weighted by Crippen LogP contribution is -2.09. The number of nitrogens with two attached hydrogens (primary N) is 1. The molecule has 0 saturated carbocycles. The SMILES string of the molecule is C=CCC(N)c1nc(-c2cc(C)c(Br)c(C)c2)no1. The minimum Gasteiger partial charge on any atom is -0.337 e. The molecule has 0 amide bonds. The van der Waals surface area contributed by atoms with Crippen LogP contribution in [0.2, 0.25) is 0 Å². The fraction of sp³-hybridized carbons (Fsp3) is 0.286. The Balaban J connectivity index is 2.35. The lowest BCUT2D eigenvalue weighted by atomic mass is 10.1. The molecule has 4 nitrogen and oxygen atoms in total. The first-order valence-corrected chi connectivity index (χ1v) is 6.79. The van der Waals surface area contributed by atoms with Crippen molar-refractivity contribution in [3.05, 3.63) is 46.3 Å². The third-order valence-corrected chi connectivity index (χ3v) is 4.13. The smallest absolute Gasteiger partial charge is 0.244 e. The van der Waals surface area contributed by atoms with Gasteiger partial charge in [0.05, 0.1) is 6.04 Å². The van der Waals surface area contributed by atoms with Gasteiger partial charge in [-0.1, -0.05) is 27.2 Å². The molecule has 0 aliphatic heterocycles. The normalized spacial score (nSPS) is 12.4. The van der Waals surface area contributed by atoms with E-state index >= 15 is 0 Å². The Morgan fingerprint density at radius 3 is 2.63 bits per heavy atom. The van der Waals surface area contributed by atoms with Crippen LogP contribution in [0.3, 0.4) is 0 Å². The molecular weight excluding hydrogens is 306 g/mol. The highest BCUT2D eigenvalue weighted by atomic mass is 79.9. The largest absolute Gasteiger partial charge is 0.337 e. The van der Waals surface area contributed by atoms with E-state index in [2.05, 4.69) is 32.6 Å². The van der Waals surface area contributed by atoms with Crippen LogP contribution in [0.15, 0.2) is 33.8 Å². The third-order valence-electron chi connectivity index (χ3n) is 2.87. The van der Waals surface area contributed by atoms with Crippen molar-refractivity contribution in [2.75, 3.05) is 0 Å². The molecule has 100 valence electrons. The fourth-order valence-electron chi connectivity index (χ4n) is 1.86. The standard InChI is InChI=1S/C14H16BrN3O/c1-4-5-11(16)14-17-13(18-19-14)10-6-8(2)12(15)9(3)7-10/h4,6-7,11H,1,5,16H2,2-3H3. The second kappa shape index (κ2) is 5.67. The molecule has 0 saturated heterocycles. The van der Waals surface area contributed by atoms with Gasteiger partial charge in [0.15, 0.2) is 0 Å². The molecule has 0 aliphatic rings. The van der Waals surface area contributed by atoms with Crippen molar-refractivity contribution >= 4 is 15.9 Å². The molecule has 1 aromatic carbocycles. The Kier molecular flexibility index (Phi) is 4.17. The van der Waals surface area contributed by atoms with Crippen molar-refractivity contribution in [2.24, 2.45) is 5.73 Å². The van der Waals surface area contributed by atoms with E-state index < -0.39 is 0 Å². The van der Waals surface area contributed by atoms with Gasteiger partial charge in [0, 0.05) is 10.0 Å². The number of rotatable bonds is 4. The molecule has 19 heavy (non-hydrogen) atoms. The van der Waals surface area contributed by atoms with Gasteiger partial charge >= 0.3 is 0 Å². The number of aryl methyl sites for hydroxylation is 2. The summed E-state index contributed by atoms with van der Waals surface area (Å²) in [4.78, 5) is 4.35. The molecule has 1 aromatic heterocycles. The number of aromatic nitrogens is 2. The summed E-state index contributed by atoms with van der Waals surface area (Å²) in [6.07, 6.45) is 2.35. The molecule has 2 aromatic rings. The monoisotopic (exact) mass is 321 g/mol. The molecule has 2 rings (SSSR count). The molecule has 1 atom stereocenters. The number of nitrogens with zero attached hydrogens (tertiary/aromatic N) is 2. The average molecular weight is 322 g/mol. The minimum atomic E-state index is -0.295. The highest BCUT2D eigenvalue weighted by molar-refractivity contribution is 9.10. The highest BCUT2D eigenvalue weighted by Crippen LogP contribution is 2.27. The van der Waals surface area contributed by atoms with Gasteiger partial charge in [-0.15, -0.1) is 6.58 Å². The second-order valence-corrected chi connectivity index (χ2v) is 5.30. The minimum absolute atomic E-state index is 0.295. The van der Waals surface area contributed by atoms with Crippen LogP contribution in [-0.4, -0.2) is 10.1 Å². The number of halogens is 1. The molecule has 0 radical (unpaired) electrons. The predicted molar refractivity (Wildman–Crippen MR) is 78.7 cm³/mol. The summed E-state index contributed by atoms with van der Waals surface area (Å²) < 4.78 is 6.30. The third kappa shape index (κ3) is 2.93. The van der Waals surface area contributed by atoms with E-state index in [0.29, 0.717) is 18.1 Å².